The monoisotopic (exact) mass is 241 g/mol. The van der Waals surface area contributed by atoms with E-state index in [1.807, 2.05) is 13.8 Å². The summed E-state index contributed by atoms with van der Waals surface area (Å²) >= 11 is 0. The second-order valence-corrected chi connectivity index (χ2v) is 5.75. The lowest BCUT2D eigenvalue weighted by Crippen LogP contribution is -2.49. The molecule has 0 bridgehead atoms. The number of rotatable bonds is 4. The number of nitrogens with zero attached hydrogens (tertiary/aromatic N) is 1. The maximum absolute atomic E-state index is 11.8. The van der Waals surface area contributed by atoms with Gasteiger partial charge in [-0.3, -0.25) is 4.79 Å². The maximum atomic E-state index is 11.8. The van der Waals surface area contributed by atoms with Crippen LogP contribution in [0.5, 0.6) is 0 Å². The van der Waals surface area contributed by atoms with Gasteiger partial charge in [-0.25, -0.2) is 0 Å². The number of hydrogen-bond donors (Lipinski definition) is 2. The molecule has 1 aliphatic rings. The molecule has 4 nitrogen and oxygen atoms in total. The number of amides is 1. The standard InChI is InChI=1S/C13H27N3O/c1-9(2)12(14)13(17)15-10-5-7-11(8-6-10)16(3)4/h9-12H,5-8,14H2,1-4H3,(H,15,17)/t10?,11?,12-/m0/s1. The summed E-state index contributed by atoms with van der Waals surface area (Å²) in [6, 6.07) is 0.618. The third-order valence-electron chi connectivity index (χ3n) is 3.79. The molecule has 1 rings (SSSR count). The van der Waals surface area contributed by atoms with Crippen LogP contribution >= 0.6 is 0 Å². The van der Waals surface area contributed by atoms with Crippen molar-refractivity contribution in [1.29, 1.82) is 0 Å². The summed E-state index contributed by atoms with van der Waals surface area (Å²) < 4.78 is 0. The molecular weight excluding hydrogens is 214 g/mol. The molecule has 0 aromatic carbocycles. The SMILES string of the molecule is CC(C)[C@H](N)C(=O)NC1CCC(N(C)C)CC1. The molecule has 1 fully saturated rings. The first kappa shape index (κ1) is 14.5. The highest BCUT2D eigenvalue weighted by Crippen LogP contribution is 2.21. The summed E-state index contributed by atoms with van der Waals surface area (Å²) in [6.45, 7) is 3.96. The molecule has 0 spiro atoms. The van der Waals surface area contributed by atoms with Crippen LogP contribution in [-0.4, -0.2) is 43.0 Å². The molecule has 17 heavy (non-hydrogen) atoms. The Bertz CT molecular complexity index is 245. The van der Waals surface area contributed by atoms with E-state index in [1.54, 1.807) is 0 Å². The molecule has 0 radical (unpaired) electrons. The Morgan fingerprint density at radius 2 is 1.76 bits per heavy atom. The van der Waals surface area contributed by atoms with Gasteiger partial charge in [-0.2, -0.15) is 0 Å². The van der Waals surface area contributed by atoms with Gasteiger partial charge >= 0.3 is 0 Å². The van der Waals surface area contributed by atoms with Crippen LogP contribution in [0.1, 0.15) is 39.5 Å². The summed E-state index contributed by atoms with van der Waals surface area (Å²) in [5, 5.41) is 3.08. The van der Waals surface area contributed by atoms with Crippen molar-refractivity contribution in [3.05, 3.63) is 0 Å². The fourth-order valence-electron chi connectivity index (χ4n) is 2.34. The lowest BCUT2D eigenvalue weighted by Gasteiger charge is -2.33. The first-order valence-electron chi connectivity index (χ1n) is 6.64. The van der Waals surface area contributed by atoms with Crippen LogP contribution in [0, 0.1) is 5.92 Å². The predicted octanol–water partition coefficient (Wildman–Crippen LogP) is 0.959. The van der Waals surface area contributed by atoms with Crippen molar-refractivity contribution in [3.8, 4) is 0 Å². The Labute approximate surface area is 105 Å². The van der Waals surface area contributed by atoms with Crippen molar-refractivity contribution in [2.24, 2.45) is 11.7 Å². The number of nitrogens with two attached hydrogens (primary N) is 1. The van der Waals surface area contributed by atoms with Gasteiger partial charge in [-0.15, -0.1) is 0 Å². The Balaban J connectivity index is 2.33. The number of hydrogen-bond acceptors (Lipinski definition) is 3. The topological polar surface area (TPSA) is 58.4 Å². The fourth-order valence-corrected chi connectivity index (χ4v) is 2.34. The average molecular weight is 241 g/mol. The van der Waals surface area contributed by atoms with E-state index in [-0.39, 0.29) is 17.9 Å². The van der Waals surface area contributed by atoms with E-state index in [2.05, 4.69) is 24.3 Å². The van der Waals surface area contributed by atoms with Gasteiger partial charge in [0.2, 0.25) is 5.91 Å². The smallest absolute Gasteiger partial charge is 0.237 e. The van der Waals surface area contributed by atoms with Gasteiger partial charge in [0.15, 0.2) is 0 Å². The van der Waals surface area contributed by atoms with Crippen molar-refractivity contribution < 1.29 is 4.79 Å². The van der Waals surface area contributed by atoms with E-state index >= 15 is 0 Å². The van der Waals surface area contributed by atoms with Gasteiger partial charge < -0.3 is 16.0 Å². The van der Waals surface area contributed by atoms with Crippen LogP contribution in [0.3, 0.4) is 0 Å². The number of carbonyl (C=O) groups is 1. The van der Waals surface area contributed by atoms with Crippen molar-refractivity contribution in [3.63, 3.8) is 0 Å². The quantitative estimate of drug-likeness (QED) is 0.771. The zero-order valence-corrected chi connectivity index (χ0v) is 11.6. The highest BCUT2D eigenvalue weighted by molar-refractivity contribution is 5.82. The van der Waals surface area contributed by atoms with Crippen molar-refractivity contribution in [2.75, 3.05) is 14.1 Å². The second-order valence-electron chi connectivity index (χ2n) is 5.75. The Morgan fingerprint density at radius 3 is 2.18 bits per heavy atom. The van der Waals surface area contributed by atoms with E-state index in [0.29, 0.717) is 12.1 Å². The highest BCUT2D eigenvalue weighted by Gasteiger charge is 2.25. The first-order valence-corrected chi connectivity index (χ1v) is 6.64. The largest absolute Gasteiger partial charge is 0.352 e. The molecule has 1 atom stereocenters. The lowest BCUT2D eigenvalue weighted by molar-refractivity contribution is -0.124. The molecule has 3 N–H and O–H groups in total. The Morgan fingerprint density at radius 1 is 1.24 bits per heavy atom. The van der Waals surface area contributed by atoms with Crippen LogP contribution in [0.2, 0.25) is 0 Å². The lowest BCUT2D eigenvalue weighted by atomic mass is 9.90. The second kappa shape index (κ2) is 6.36. The van der Waals surface area contributed by atoms with Crippen molar-refractivity contribution in [2.45, 2.75) is 57.7 Å². The van der Waals surface area contributed by atoms with E-state index in [1.165, 1.54) is 0 Å². The Kier molecular flexibility index (Phi) is 5.40. The molecule has 1 aliphatic carbocycles. The zero-order valence-electron chi connectivity index (χ0n) is 11.6. The van der Waals surface area contributed by atoms with E-state index in [0.717, 1.165) is 25.7 Å². The normalized spacial score (nSPS) is 27.2. The highest BCUT2D eigenvalue weighted by atomic mass is 16.2. The van der Waals surface area contributed by atoms with Crippen molar-refractivity contribution >= 4 is 5.91 Å². The third-order valence-corrected chi connectivity index (χ3v) is 3.79. The number of nitrogens with one attached hydrogen (secondary N) is 1. The van der Waals surface area contributed by atoms with E-state index in [4.69, 9.17) is 5.73 Å². The van der Waals surface area contributed by atoms with Gasteiger partial charge in [0.1, 0.15) is 0 Å². The molecule has 0 saturated heterocycles. The van der Waals surface area contributed by atoms with Gasteiger partial charge in [0, 0.05) is 12.1 Å². The summed E-state index contributed by atoms with van der Waals surface area (Å²) in [6.07, 6.45) is 4.46. The van der Waals surface area contributed by atoms with Gasteiger partial charge in [-0.05, 0) is 45.7 Å². The molecule has 0 unspecified atom stereocenters. The minimum atomic E-state index is -0.374. The summed E-state index contributed by atoms with van der Waals surface area (Å²) in [5.74, 6) is 0.210. The van der Waals surface area contributed by atoms with Crippen LogP contribution in [-0.2, 0) is 4.79 Å². The van der Waals surface area contributed by atoms with Crippen LogP contribution in [0.4, 0.5) is 0 Å². The minimum absolute atomic E-state index is 0.00769. The molecular formula is C13H27N3O. The predicted molar refractivity (Wildman–Crippen MR) is 70.7 cm³/mol. The molecule has 4 heteroatoms. The molecule has 0 aromatic rings. The summed E-state index contributed by atoms with van der Waals surface area (Å²) in [4.78, 5) is 14.1. The summed E-state index contributed by atoms with van der Waals surface area (Å²) in [7, 11) is 4.25. The van der Waals surface area contributed by atoms with Crippen molar-refractivity contribution in [1.82, 2.24) is 10.2 Å². The molecule has 100 valence electrons. The number of carbonyl (C=O) groups excluding carboxylic acids is 1. The van der Waals surface area contributed by atoms with Gasteiger partial charge in [-0.1, -0.05) is 13.8 Å². The minimum Gasteiger partial charge on any atom is -0.352 e. The molecule has 0 aromatic heterocycles. The Hall–Kier alpha value is -0.610. The maximum Gasteiger partial charge on any atom is 0.237 e. The average Bonchev–Trinajstić information content (AvgIpc) is 2.28. The molecule has 1 saturated carbocycles. The van der Waals surface area contributed by atoms with E-state index in [9.17, 15) is 4.79 Å². The van der Waals surface area contributed by atoms with Gasteiger partial charge in [0.05, 0.1) is 6.04 Å². The summed E-state index contributed by atoms with van der Waals surface area (Å²) in [5.41, 5.74) is 5.83. The fraction of sp³-hybridized carbons (Fsp3) is 0.923. The van der Waals surface area contributed by atoms with E-state index < -0.39 is 0 Å². The van der Waals surface area contributed by atoms with Crippen LogP contribution in [0.25, 0.3) is 0 Å². The third kappa shape index (κ3) is 4.28. The molecule has 1 amide bonds. The van der Waals surface area contributed by atoms with Crippen LogP contribution in [0.15, 0.2) is 0 Å². The van der Waals surface area contributed by atoms with Gasteiger partial charge in [0.25, 0.3) is 0 Å². The first-order chi connectivity index (χ1) is 7.91. The van der Waals surface area contributed by atoms with Crippen LogP contribution < -0.4 is 11.1 Å². The molecule has 0 aliphatic heterocycles. The zero-order chi connectivity index (χ0) is 13.0. The molecule has 0 heterocycles.